The molecule has 0 aliphatic rings. The fraction of sp³-hybridized carbons (Fsp3) is 0.0667. The van der Waals surface area contributed by atoms with Crippen LogP contribution in [0.2, 0.25) is 0 Å². The molecule has 4 nitrogen and oxygen atoms in total. The number of hydrogen-bond acceptors (Lipinski definition) is 2. The van der Waals surface area contributed by atoms with Gasteiger partial charge in [0.2, 0.25) is 0 Å². The predicted molar refractivity (Wildman–Crippen MR) is 77.4 cm³/mol. The molecule has 0 aliphatic carbocycles. The lowest BCUT2D eigenvalue weighted by Crippen LogP contribution is -2.34. The third-order valence-electron chi connectivity index (χ3n) is 2.53. The van der Waals surface area contributed by atoms with Gasteiger partial charge in [0.05, 0.1) is 11.9 Å². The summed E-state index contributed by atoms with van der Waals surface area (Å²) in [6, 6.07) is 18.6. The Labute approximate surface area is 112 Å². The van der Waals surface area contributed by atoms with Crippen molar-refractivity contribution in [2.24, 2.45) is 5.10 Å². The van der Waals surface area contributed by atoms with Crippen LogP contribution in [0.15, 0.2) is 65.8 Å². The molecule has 1 N–H and O–H groups in total. The summed E-state index contributed by atoms with van der Waals surface area (Å²) in [4.78, 5) is 11.8. The number of hydrazone groups is 1. The number of anilines is 1. The number of urea groups is 1. The molecule has 0 saturated heterocycles. The van der Waals surface area contributed by atoms with Gasteiger partial charge in [0.1, 0.15) is 0 Å². The van der Waals surface area contributed by atoms with Gasteiger partial charge in [0.15, 0.2) is 0 Å². The van der Waals surface area contributed by atoms with Gasteiger partial charge in [-0.2, -0.15) is 10.1 Å². The fourth-order valence-corrected chi connectivity index (χ4v) is 1.57. The van der Waals surface area contributed by atoms with E-state index in [1.807, 2.05) is 60.7 Å². The molecule has 0 bridgehead atoms. The van der Waals surface area contributed by atoms with Gasteiger partial charge >= 0.3 is 6.03 Å². The Kier molecular flexibility index (Phi) is 4.29. The number of amides is 2. The Morgan fingerprint density at radius 3 is 2.21 bits per heavy atom. The summed E-state index contributed by atoms with van der Waals surface area (Å²) in [7, 11) is 1.58. The van der Waals surface area contributed by atoms with E-state index >= 15 is 0 Å². The van der Waals surface area contributed by atoms with Gasteiger partial charge in [-0.05, 0) is 17.7 Å². The first-order chi connectivity index (χ1) is 9.31. The molecule has 2 rings (SSSR count). The van der Waals surface area contributed by atoms with E-state index in [1.165, 1.54) is 5.01 Å². The largest absolute Gasteiger partial charge is 0.342 e. The Morgan fingerprint density at radius 2 is 1.63 bits per heavy atom. The minimum Gasteiger partial charge on any atom is -0.339 e. The molecule has 0 spiro atoms. The van der Waals surface area contributed by atoms with Gasteiger partial charge in [-0.3, -0.25) is 0 Å². The highest BCUT2D eigenvalue weighted by Crippen LogP contribution is 2.13. The molecule has 0 unspecified atom stereocenters. The molecule has 96 valence electrons. The second-order valence-corrected chi connectivity index (χ2v) is 3.86. The lowest BCUT2D eigenvalue weighted by molar-refractivity contribution is 0.248. The van der Waals surface area contributed by atoms with E-state index in [-0.39, 0.29) is 6.03 Å². The van der Waals surface area contributed by atoms with Gasteiger partial charge in [-0.1, -0.05) is 48.5 Å². The average Bonchev–Trinajstić information content (AvgIpc) is 2.49. The molecule has 19 heavy (non-hydrogen) atoms. The SMILES string of the molecule is CNC(=O)N(N=Cc1ccccc1)c1ccccc1. The van der Waals surface area contributed by atoms with Crippen molar-refractivity contribution < 1.29 is 4.79 Å². The number of benzene rings is 2. The smallest absolute Gasteiger partial charge is 0.339 e. The van der Waals surface area contributed by atoms with Gasteiger partial charge < -0.3 is 5.32 Å². The van der Waals surface area contributed by atoms with E-state index in [9.17, 15) is 4.79 Å². The number of carbonyl (C=O) groups is 1. The Balaban J connectivity index is 2.25. The number of carbonyl (C=O) groups excluding carboxylic acids is 1. The van der Waals surface area contributed by atoms with Crippen LogP contribution >= 0.6 is 0 Å². The summed E-state index contributed by atoms with van der Waals surface area (Å²) in [6.07, 6.45) is 1.65. The average molecular weight is 253 g/mol. The van der Waals surface area contributed by atoms with Crippen LogP contribution < -0.4 is 10.3 Å². The molecule has 0 saturated carbocycles. The zero-order chi connectivity index (χ0) is 13.5. The highest BCUT2D eigenvalue weighted by Gasteiger charge is 2.11. The molecule has 0 heterocycles. The second-order valence-electron chi connectivity index (χ2n) is 3.86. The molecular formula is C15H15N3O. The van der Waals surface area contributed by atoms with E-state index in [0.717, 1.165) is 5.56 Å². The minimum atomic E-state index is -0.279. The molecule has 2 aromatic rings. The monoisotopic (exact) mass is 253 g/mol. The molecule has 0 atom stereocenters. The van der Waals surface area contributed by atoms with Crippen molar-refractivity contribution in [3.63, 3.8) is 0 Å². The number of rotatable bonds is 3. The summed E-state index contributed by atoms with van der Waals surface area (Å²) >= 11 is 0. The van der Waals surface area contributed by atoms with E-state index in [4.69, 9.17) is 0 Å². The van der Waals surface area contributed by atoms with Crippen molar-refractivity contribution in [3.8, 4) is 0 Å². The quantitative estimate of drug-likeness (QED) is 0.663. The molecule has 2 amide bonds. The number of nitrogens with one attached hydrogen (secondary N) is 1. The van der Waals surface area contributed by atoms with Crippen LogP contribution in [0, 0.1) is 0 Å². The van der Waals surface area contributed by atoms with Gasteiger partial charge in [0, 0.05) is 7.05 Å². The van der Waals surface area contributed by atoms with E-state index < -0.39 is 0 Å². The maximum atomic E-state index is 11.8. The van der Waals surface area contributed by atoms with Crippen molar-refractivity contribution in [3.05, 3.63) is 66.2 Å². The van der Waals surface area contributed by atoms with Crippen LogP contribution in [0.25, 0.3) is 0 Å². The molecule has 0 fully saturated rings. The molecule has 0 aromatic heterocycles. The topological polar surface area (TPSA) is 44.7 Å². The van der Waals surface area contributed by atoms with E-state index in [2.05, 4.69) is 10.4 Å². The zero-order valence-electron chi connectivity index (χ0n) is 10.7. The zero-order valence-corrected chi connectivity index (χ0v) is 10.7. The van der Waals surface area contributed by atoms with E-state index in [1.54, 1.807) is 13.3 Å². The normalized spacial score (nSPS) is 10.4. The van der Waals surface area contributed by atoms with Crippen molar-refractivity contribution >= 4 is 17.9 Å². The first kappa shape index (κ1) is 12.8. The van der Waals surface area contributed by atoms with Crippen LogP contribution in [0.5, 0.6) is 0 Å². The fourth-order valence-electron chi connectivity index (χ4n) is 1.57. The second kappa shape index (κ2) is 6.35. The maximum absolute atomic E-state index is 11.8. The Hall–Kier alpha value is -2.62. The summed E-state index contributed by atoms with van der Waals surface area (Å²) in [5.74, 6) is 0. The predicted octanol–water partition coefficient (Wildman–Crippen LogP) is 2.87. The lowest BCUT2D eigenvalue weighted by Gasteiger charge is -2.16. The third kappa shape index (κ3) is 3.42. The Bertz CT molecular complexity index is 552. The van der Waals surface area contributed by atoms with Crippen molar-refractivity contribution in [2.45, 2.75) is 0 Å². The van der Waals surface area contributed by atoms with Crippen LogP contribution in [-0.4, -0.2) is 19.3 Å². The molecule has 2 aromatic carbocycles. The minimum absolute atomic E-state index is 0.279. The van der Waals surface area contributed by atoms with Gasteiger partial charge in [-0.15, -0.1) is 0 Å². The summed E-state index contributed by atoms with van der Waals surface area (Å²) in [6.45, 7) is 0. The number of para-hydroxylation sites is 1. The third-order valence-corrected chi connectivity index (χ3v) is 2.53. The molecule has 0 radical (unpaired) electrons. The number of hydrogen-bond donors (Lipinski definition) is 1. The number of nitrogens with zero attached hydrogens (tertiary/aromatic N) is 2. The van der Waals surface area contributed by atoms with Crippen molar-refractivity contribution in [1.82, 2.24) is 5.32 Å². The van der Waals surface area contributed by atoms with Crippen LogP contribution in [-0.2, 0) is 0 Å². The first-order valence-electron chi connectivity index (χ1n) is 5.97. The molecular weight excluding hydrogens is 238 g/mol. The van der Waals surface area contributed by atoms with Crippen LogP contribution in [0.4, 0.5) is 10.5 Å². The molecule has 0 aliphatic heterocycles. The summed E-state index contributed by atoms with van der Waals surface area (Å²) in [5, 5.41) is 8.13. The van der Waals surface area contributed by atoms with Gasteiger partial charge in [0.25, 0.3) is 0 Å². The van der Waals surface area contributed by atoms with Crippen molar-refractivity contribution in [2.75, 3.05) is 12.1 Å². The van der Waals surface area contributed by atoms with Crippen LogP contribution in [0.1, 0.15) is 5.56 Å². The lowest BCUT2D eigenvalue weighted by atomic mass is 10.2. The summed E-state index contributed by atoms with van der Waals surface area (Å²) in [5.41, 5.74) is 1.65. The standard InChI is InChI=1S/C15H15N3O/c1-16-15(19)18(14-10-6-3-7-11-14)17-12-13-8-4-2-5-9-13/h2-12H,1H3,(H,16,19). The van der Waals surface area contributed by atoms with Crippen LogP contribution in [0.3, 0.4) is 0 Å². The highest BCUT2D eigenvalue weighted by atomic mass is 16.2. The summed E-state index contributed by atoms with van der Waals surface area (Å²) < 4.78 is 0. The maximum Gasteiger partial charge on any atom is 0.342 e. The first-order valence-corrected chi connectivity index (χ1v) is 5.97. The molecule has 4 heteroatoms. The van der Waals surface area contributed by atoms with Crippen molar-refractivity contribution in [1.29, 1.82) is 0 Å². The Morgan fingerprint density at radius 1 is 1.05 bits per heavy atom. The van der Waals surface area contributed by atoms with Gasteiger partial charge in [-0.25, -0.2) is 4.79 Å². The highest BCUT2D eigenvalue weighted by molar-refractivity contribution is 5.93. The van der Waals surface area contributed by atoms with E-state index in [0.29, 0.717) is 5.69 Å².